The first-order valence-corrected chi connectivity index (χ1v) is 4.42. The molecule has 0 aliphatic rings. The molecule has 0 spiro atoms. The third kappa shape index (κ3) is 3.35. The van der Waals surface area contributed by atoms with Crippen LogP contribution in [0.25, 0.3) is 0 Å². The maximum absolute atomic E-state index is 11.4. The Morgan fingerprint density at radius 3 is 2.50 bits per heavy atom. The summed E-state index contributed by atoms with van der Waals surface area (Å²) in [5, 5.41) is 2.50. The second-order valence-corrected chi connectivity index (χ2v) is 2.83. The molecule has 16 heavy (non-hydrogen) atoms. The number of terminal acetylenes is 1. The van der Waals surface area contributed by atoms with Crippen LogP contribution < -0.4 is 15.8 Å². The van der Waals surface area contributed by atoms with Gasteiger partial charge in [0.05, 0.1) is 6.54 Å². The van der Waals surface area contributed by atoms with Crippen LogP contribution >= 0.6 is 0 Å². The number of benzene rings is 1. The van der Waals surface area contributed by atoms with Gasteiger partial charge in [-0.15, -0.1) is 6.42 Å². The van der Waals surface area contributed by atoms with Gasteiger partial charge in [-0.1, -0.05) is 5.92 Å². The summed E-state index contributed by atoms with van der Waals surface area (Å²) in [5.74, 6) is 2.28. The largest absolute Gasteiger partial charge is 0.411 e. The smallest absolute Gasteiger partial charge is 0.409 e. The van der Waals surface area contributed by atoms with Crippen LogP contribution in [0, 0.1) is 12.3 Å². The molecule has 0 saturated carbocycles. The summed E-state index contributed by atoms with van der Waals surface area (Å²) in [5.41, 5.74) is 5.25. The van der Waals surface area contributed by atoms with Gasteiger partial charge in [0.25, 0.3) is 5.91 Å². The second kappa shape index (κ2) is 5.41. The first kappa shape index (κ1) is 11.6. The van der Waals surface area contributed by atoms with Crippen molar-refractivity contribution in [2.75, 3.05) is 6.54 Å². The van der Waals surface area contributed by atoms with Crippen molar-refractivity contribution in [3.63, 3.8) is 0 Å². The van der Waals surface area contributed by atoms with Crippen LogP contribution in [-0.2, 0) is 0 Å². The fourth-order valence-electron chi connectivity index (χ4n) is 1.02. The van der Waals surface area contributed by atoms with Crippen molar-refractivity contribution >= 4 is 12.0 Å². The first-order valence-electron chi connectivity index (χ1n) is 4.42. The van der Waals surface area contributed by atoms with E-state index in [1.807, 2.05) is 0 Å². The van der Waals surface area contributed by atoms with Crippen LogP contribution in [0.3, 0.4) is 0 Å². The molecule has 0 bridgehead atoms. The van der Waals surface area contributed by atoms with Gasteiger partial charge in [-0.3, -0.25) is 4.79 Å². The first-order chi connectivity index (χ1) is 7.63. The zero-order chi connectivity index (χ0) is 12.0. The van der Waals surface area contributed by atoms with E-state index in [2.05, 4.69) is 16.0 Å². The van der Waals surface area contributed by atoms with Crippen molar-refractivity contribution in [3.8, 4) is 18.1 Å². The van der Waals surface area contributed by atoms with E-state index in [0.717, 1.165) is 0 Å². The van der Waals surface area contributed by atoms with Crippen molar-refractivity contribution in [1.29, 1.82) is 0 Å². The number of nitrogens with two attached hydrogens (primary N) is 1. The molecule has 0 radical (unpaired) electrons. The van der Waals surface area contributed by atoms with Crippen molar-refractivity contribution < 1.29 is 14.3 Å². The molecule has 1 aromatic rings. The SMILES string of the molecule is C#CCNC(=O)c1ccc(OC(N)=O)cc1. The number of carbonyl (C=O) groups excluding carboxylic acids is 2. The number of hydrogen-bond donors (Lipinski definition) is 2. The molecule has 0 aliphatic carbocycles. The molecule has 0 fully saturated rings. The number of rotatable bonds is 3. The highest BCUT2D eigenvalue weighted by molar-refractivity contribution is 5.94. The molecule has 1 aromatic carbocycles. The van der Waals surface area contributed by atoms with Gasteiger partial charge < -0.3 is 15.8 Å². The van der Waals surface area contributed by atoms with Crippen LogP contribution in [0.1, 0.15) is 10.4 Å². The molecule has 82 valence electrons. The fourth-order valence-corrected chi connectivity index (χ4v) is 1.02. The quantitative estimate of drug-likeness (QED) is 0.725. The highest BCUT2D eigenvalue weighted by atomic mass is 16.5. The molecule has 1 rings (SSSR count). The van der Waals surface area contributed by atoms with E-state index in [-0.39, 0.29) is 18.2 Å². The molecule has 0 atom stereocenters. The third-order valence-corrected chi connectivity index (χ3v) is 1.69. The summed E-state index contributed by atoms with van der Waals surface area (Å²) in [6.45, 7) is 0.165. The van der Waals surface area contributed by atoms with Gasteiger partial charge >= 0.3 is 6.09 Å². The molecule has 2 amide bonds. The Balaban J connectivity index is 2.67. The van der Waals surface area contributed by atoms with E-state index in [0.29, 0.717) is 5.56 Å². The van der Waals surface area contributed by atoms with Crippen LogP contribution in [-0.4, -0.2) is 18.5 Å². The maximum atomic E-state index is 11.4. The number of carbonyl (C=O) groups is 2. The number of amides is 2. The molecule has 3 N–H and O–H groups in total. The van der Waals surface area contributed by atoms with Crippen LogP contribution in [0.5, 0.6) is 5.75 Å². The highest BCUT2D eigenvalue weighted by Gasteiger charge is 2.04. The summed E-state index contributed by atoms with van der Waals surface area (Å²) in [7, 11) is 0. The Morgan fingerprint density at radius 2 is 2.00 bits per heavy atom. The summed E-state index contributed by atoms with van der Waals surface area (Å²) in [6, 6.07) is 5.94. The lowest BCUT2D eigenvalue weighted by Gasteiger charge is -2.03. The summed E-state index contributed by atoms with van der Waals surface area (Å²) >= 11 is 0. The van der Waals surface area contributed by atoms with E-state index >= 15 is 0 Å². The third-order valence-electron chi connectivity index (χ3n) is 1.69. The molecule has 5 heteroatoms. The second-order valence-electron chi connectivity index (χ2n) is 2.83. The van der Waals surface area contributed by atoms with Gasteiger partial charge in [-0.2, -0.15) is 0 Å². The van der Waals surface area contributed by atoms with E-state index < -0.39 is 6.09 Å². The van der Waals surface area contributed by atoms with Gasteiger partial charge in [0, 0.05) is 5.56 Å². The minimum Gasteiger partial charge on any atom is -0.411 e. The zero-order valence-corrected chi connectivity index (χ0v) is 8.40. The predicted molar refractivity (Wildman–Crippen MR) is 57.8 cm³/mol. The van der Waals surface area contributed by atoms with Gasteiger partial charge in [0.15, 0.2) is 0 Å². The lowest BCUT2D eigenvalue weighted by molar-refractivity contribution is 0.0958. The van der Waals surface area contributed by atoms with E-state index in [9.17, 15) is 9.59 Å². The van der Waals surface area contributed by atoms with E-state index in [4.69, 9.17) is 12.2 Å². The van der Waals surface area contributed by atoms with Gasteiger partial charge in [-0.05, 0) is 24.3 Å². The van der Waals surface area contributed by atoms with Gasteiger partial charge in [0.2, 0.25) is 0 Å². The summed E-state index contributed by atoms with van der Waals surface area (Å²) in [6.07, 6.45) is 4.10. The van der Waals surface area contributed by atoms with Crippen molar-refractivity contribution in [3.05, 3.63) is 29.8 Å². The molecule has 0 aromatic heterocycles. The molecule has 5 nitrogen and oxygen atoms in total. The lowest BCUT2D eigenvalue weighted by atomic mass is 10.2. The monoisotopic (exact) mass is 218 g/mol. The normalized spacial score (nSPS) is 8.94. The Bertz CT molecular complexity index is 432. The number of nitrogens with one attached hydrogen (secondary N) is 1. The van der Waals surface area contributed by atoms with E-state index in [1.165, 1.54) is 24.3 Å². The van der Waals surface area contributed by atoms with Gasteiger partial charge in [-0.25, -0.2) is 4.79 Å². The molecule has 0 saturated heterocycles. The number of primary amides is 1. The summed E-state index contributed by atoms with van der Waals surface area (Å²) in [4.78, 5) is 21.8. The Morgan fingerprint density at radius 1 is 1.38 bits per heavy atom. The minimum atomic E-state index is -0.899. The Hall–Kier alpha value is -2.48. The van der Waals surface area contributed by atoms with Crippen LogP contribution in [0.15, 0.2) is 24.3 Å². The zero-order valence-electron chi connectivity index (χ0n) is 8.40. The number of hydrogen-bond acceptors (Lipinski definition) is 3. The minimum absolute atomic E-state index is 0.165. The molecule has 0 aliphatic heterocycles. The van der Waals surface area contributed by atoms with Gasteiger partial charge in [0.1, 0.15) is 5.75 Å². The lowest BCUT2D eigenvalue weighted by Crippen LogP contribution is -2.23. The van der Waals surface area contributed by atoms with E-state index in [1.54, 1.807) is 0 Å². The van der Waals surface area contributed by atoms with Crippen molar-refractivity contribution in [1.82, 2.24) is 5.32 Å². The standard InChI is InChI=1S/C11H10N2O3/c1-2-7-13-10(14)8-3-5-9(6-4-8)16-11(12)15/h1,3-6H,7H2,(H2,12,15)(H,13,14). The molecular formula is C11H10N2O3. The van der Waals surface area contributed by atoms with Crippen LogP contribution in [0.2, 0.25) is 0 Å². The average Bonchev–Trinajstić information content (AvgIpc) is 2.26. The molecule has 0 heterocycles. The van der Waals surface area contributed by atoms with Crippen molar-refractivity contribution in [2.24, 2.45) is 5.73 Å². The Labute approximate surface area is 92.6 Å². The molecular weight excluding hydrogens is 208 g/mol. The van der Waals surface area contributed by atoms with Crippen LogP contribution in [0.4, 0.5) is 4.79 Å². The average molecular weight is 218 g/mol. The van der Waals surface area contributed by atoms with Crippen molar-refractivity contribution in [2.45, 2.75) is 0 Å². The highest BCUT2D eigenvalue weighted by Crippen LogP contribution is 2.11. The molecule has 0 unspecified atom stereocenters. The number of ether oxygens (including phenoxy) is 1. The fraction of sp³-hybridized carbons (Fsp3) is 0.0909. The maximum Gasteiger partial charge on any atom is 0.409 e. The predicted octanol–water partition coefficient (Wildman–Crippen LogP) is 0.507. The summed E-state index contributed by atoms with van der Waals surface area (Å²) < 4.78 is 4.60. The topological polar surface area (TPSA) is 81.4 Å². The Kier molecular flexibility index (Phi) is 3.92.